The number of amidine groups is 1. The highest BCUT2D eigenvalue weighted by atomic mass is 16.5. The zero-order chi connectivity index (χ0) is 39.3. The Morgan fingerprint density at radius 3 is 1.85 bits per heavy atom. The smallest absolute Gasteiger partial charge is 0.154 e. The summed E-state index contributed by atoms with van der Waals surface area (Å²) < 4.78 is 6.39. The number of hydrogen-bond donors (Lipinski definition) is 0. The van der Waals surface area contributed by atoms with Gasteiger partial charge in [0, 0.05) is 22.8 Å². The average Bonchev–Trinajstić information content (AvgIpc) is 3.84. The highest BCUT2D eigenvalue weighted by Gasteiger charge is 2.51. The standard InChI is InChI=1S/C56H40N2O/c1-55(2)49-26-14-18-37(53(49)45-31-52-44(30-50(45)55)39-19-7-6-17-38(39)34-59-52)33-58-54(36-15-4-3-5-16-36)57-32-35-27-28-43-42-22-10-13-25-48(42)56(51(43)29-35)46-23-11-8-20-40(46)41-21-9-12-24-47(41)56/h3-32H,33-34H2,1-2H3. The second kappa shape index (κ2) is 12.7. The van der Waals surface area contributed by atoms with Crippen LogP contribution in [-0.2, 0) is 24.0 Å². The molecule has 59 heavy (non-hydrogen) atoms. The van der Waals surface area contributed by atoms with Gasteiger partial charge in [-0.05, 0) is 107 Å². The molecular weight excluding hydrogens is 717 g/mol. The summed E-state index contributed by atoms with van der Waals surface area (Å²) >= 11 is 0. The minimum atomic E-state index is -0.398. The molecule has 12 rings (SSSR count). The van der Waals surface area contributed by atoms with Gasteiger partial charge >= 0.3 is 0 Å². The largest absolute Gasteiger partial charge is 0.488 e. The molecule has 3 aliphatic carbocycles. The van der Waals surface area contributed by atoms with Crippen molar-refractivity contribution in [2.45, 2.75) is 37.8 Å². The van der Waals surface area contributed by atoms with Crippen molar-refractivity contribution in [2.75, 3.05) is 0 Å². The van der Waals surface area contributed by atoms with Crippen LogP contribution in [0.25, 0.3) is 44.5 Å². The van der Waals surface area contributed by atoms with Crippen LogP contribution in [0, 0.1) is 0 Å². The van der Waals surface area contributed by atoms with Crippen LogP contribution in [0.3, 0.4) is 0 Å². The van der Waals surface area contributed by atoms with Crippen molar-refractivity contribution in [1.29, 1.82) is 0 Å². The lowest BCUT2D eigenvalue weighted by Gasteiger charge is -2.30. The number of nitrogens with zero attached hydrogens (tertiary/aromatic N) is 2. The van der Waals surface area contributed by atoms with Crippen LogP contribution in [0.5, 0.6) is 5.75 Å². The van der Waals surface area contributed by atoms with E-state index in [9.17, 15) is 0 Å². The van der Waals surface area contributed by atoms with Crippen LogP contribution < -0.4 is 4.74 Å². The molecule has 0 N–H and O–H groups in total. The number of ether oxygens (including phenoxy) is 1. The molecule has 1 aliphatic heterocycles. The Hall–Kier alpha value is -7.10. The van der Waals surface area contributed by atoms with Crippen LogP contribution in [0.4, 0.5) is 0 Å². The summed E-state index contributed by atoms with van der Waals surface area (Å²) in [6.45, 7) is 5.77. The van der Waals surface area contributed by atoms with E-state index in [2.05, 4.69) is 184 Å². The van der Waals surface area contributed by atoms with Gasteiger partial charge in [0.05, 0.1) is 12.0 Å². The van der Waals surface area contributed by atoms with Crippen molar-refractivity contribution in [3.05, 3.63) is 232 Å². The molecule has 0 radical (unpaired) electrons. The van der Waals surface area contributed by atoms with E-state index in [1.54, 1.807) is 0 Å². The molecule has 0 unspecified atom stereocenters. The van der Waals surface area contributed by atoms with Crippen LogP contribution in [0.1, 0.15) is 69.5 Å². The number of rotatable bonds is 4. The van der Waals surface area contributed by atoms with Crippen molar-refractivity contribution >= 4 is 12.1 Å². The minimum absolute atomic E-state index is 0.169. The lowest BCUT2D eigenvalue weighted by atomic mass is 9.70. The van der Waals surface area contributed by atoms with Crippen molar-refractivity contribution in [2.24, 2.45) is 9.98 Å². The fourth-order valence-electron chi connectivity index (χ4n) is 10.7. The summed E-state index contributed by atoms with van der Waals surface area (Å²) in [6, 6.07) is 64.0. The normalized spacial score (nSPS) is 15.4. The molecule has 1 heterocycles. The third kappa shape index (κ3) is 4.82. The van der Waals surface area contributed by atoms with E-state index >= 15 is 0 Å². The summed E-state index contributed by atoms with van der Waals surface area (Å²) in [5.74, 6) is 1.66. The molecule has 0 amide bonds. The summed E-state index contributed by atoms with van der Waals surface area (Å²) in [5, 5.41) is 0. The molecule has 0 fully saturated rings. The first-order valence-corrected chi connectivity index (χ1v) is 20.6. The second-order valence-corrected chi connectivity index (χ2v) is 16.8. The first kappa shape index (κ1) is 34.0. The molecule has 0 aromatic heterocycles. The van der Waals surface area contributed by atoms with Crippen molar-refractivity contribution in [3.8, 4) is 50.3 Å². The Balaban J connectivity index is 0.955. The van der Waals surface area contributed by atoms with E-state index in [4.69, 9.17) is 14.7 Å². The fraction of sp³-hybridized carbons (Fsp3) is 0.107. The van der Waals surface area contributed by atoms with Gasteiger partial charge in [-0.3, -0.25) is 4.99 Å². The Labute approximate surface area is 345 Å². The molecule has 0 bridgehead atoms. The van der Waals surface area contributed by atoms with Gasteiger partial charge in [-0.1, -0.05) is 172 Å². The van der Waals surface area contributed by atoms with Gasteiger partial charge in [0.15, 0.2) is 5.84 Å². The minimum Gasteiger partial charge on any atom is -0.488 e. The predicted molar refractivity (Wildman–Crippen MR) is 241 cm³/mol. The summed E-state index contributed by atoms with van der Waals surface area (Å²) in [6.07, 6.45) is 2.00. The zero-order valence-electron chi connectivity index (χ0n) is 33.0. The van der Waals surface area contributed by atoms with Gasteiger partial charge in [-0.25, -0.2) is 4.99 Å². The molecule has 0 saturated heterocycles. The monoisotopic (exact) mass is 756 g/mol. The Kier molecular flexibility index (Phi) is 7.32. The lowest BCUT2D eigenvalue weighted by Crippen LogP contribution is -2.26. The van der Waals surface area contributed by atoms with Gasteiger partial charge in [-0.2, -0.15) is 0 Å². The molecule has 8 aromatic carbocycles. The van der Waals surface area contributed by atoms with Crippen LogP contribution >= 0.6 is 0 Å². The summed E-state index contributed by atoms with van der Waals surface area (Å²) in [5.41, 5.74) is 22.0. The van der Waals surface area contributed by atoms with Gasteiger partial charge in [0.25, 0.3) is 0 Å². The molecule has 8 aromatic rings. The first-order valence-electron chi connectivity index (χ1n) is 20.6. The van der Waals surface area contributed by atoms with E-state index in [0.29, 0.717) is 19.0 Å². The van der Waals surface area contributed by atoms with Crippen molar-refractivity contribution in [1.82, 2.24) is 0 Å². The molecule has 1 spiro atoms. The molecule has 0 atom stereocenters. The number of fused-ring (bicyclic) bond motifs is 16. The van der Waals surface area contributed by atoms with Crippen LogP contribution in [0.2, 0.25) is 0 Å². The Bertz CT molecular complexity index is 3050. The molecule has 3 heteroatoms. The molecule has 4 aliphatic rings. The number of benzene rings is 8. The fourth-order valence-corrected chi connectivity index (χ4v) is 10.7. The maximum atomic E-state index is 6.39. The average molecular weight is 757 g/mol. The number of hydrogen-bond acceptors (Lipinski definition) is 2. The predicted octanol–water partition coefficient (Wildman–Crippen LogP) is 13.0. The summed E-state index contributed by atoms with van der Waals surface area (Å²) in [4.78, 5) is 10.5. The highest BCUT2D eigenvalue weighted by molar-refractivity contribution is 6.06. The van der Waals surface area contributed by atoms with E-state index in [1.807, 2.05) is 12.3 Å². The topological polar surface area (TPSA) is 34.0 Å². The van der Waals surface area contributed by atoms with Gasteiger partial charge in [-0.15, -0.1) is 0 Å². The second-order valence-electron chi connectivity index (χ2n) is 16.8. The van der Waals surface area contributed by atoms with E-state index in [0.717, 1.165) is 16.9 Å². The van der Waals surface area contributed by atoms with Gasteiger partial charge in [0.1, 0.15) is 12.4 Å². The van der Waals surface area contributed by atoms with E-state index in [1.165, 1.54) is 89.0 Å². The SMILES string of the molecule is CC1(C)c2cc3c(cc2-c2c(CN=C(N=Cc4ccc5c(c4)C4(c6ccccc6-c6ccccc64)c4ccccc4-5)c4ccccc4)cccc21)OCc1ccccc1-3. The molecular formula is C56H40N2O. The lowest BCUT2D eigenvalue weighted by molar-refractivity contribution is 0.302. The maximum Gasteiger partial charge on any atom is 0.154 e. The third-order valence-corrected chi connectivity index (χ3v) is 13.4. The van der Waals surface area contributed by atoms with Crippen molar-refractivity contribution < 1.29 is 4.74 Å². The van der Waals surface area contributed by atoms with Crippen molar-refractivity contribution in [3.63, 3.8) is 0 Å². The van der Waals surface area contributed by atoms with E-state index < -0.39 is 5.41 Å². The Morgan fingerprint density at radius 1 is 0.525 bits per heavy atom. The molecule has 0 saturated carbocycles. The zero-order valence-corrected chi connectivity index (χ0v) is 33.0. The quantitative estimate of drug-likeness (QED) is 0.130. The van der Waals surface area contributed by atoms with Gasteiger partial charge in [0.2, 0.25) is 0 Å². The Morgan fingerprint density at radius 2 is 1.14 bits per heavy atom. The van der Waals surface area contributed by atoms with Crippen LogP contribution in [-0.4, -0.2) is 12.1 Å². The van der Waals surface area contributed by atoms with Gasteiger partial charge < -0.3 is 4.74 Å². The van der Waals surface area contributed by atoms with Crippen LogP contribution in [0.15, 0.2) is 186 Å². The van der Waals surface area contributed by atoms with E-state index in [-0.39, 0.29) is 5.41 Å². The highest BCUT2D eigenvalue weighted by Crippen LogP contribution is 2.62. The number of aliphatic imine (C=N–C) groups is 2. The first-order chi connectivity index (χ1) is 29.0. The maximum absolute atomic E-state index is 6.39. The molecule has 3 nitrogen and oxygen atoms in total. The summed E-state index contributed by atoms with van der Waals surface area (Å²) in [7, 11) is 0. The third-order valence-electron chi connectivity index (χ3n) is 13.4. The molecule has 280 valence electrons.